The molecular weight excluding hydrogens is 288 g/mol. The molecule has 0 unspecified atom stereocenters. The maximum atomic E-state index is 11.8. The minimum atomic E-state index is -0.224. The monoisotopic (exact) mass is 312 g/mol. The van der Waals surface area contributed by atoms with Crippen molar-refractivity contribution in [1.82, 2.24) is 5.32 Å². The third-order valence-corrected chi connectivity index (χ3v) is 3.47. The van der Waals surface area contributed by atoms with E-state index < -0.39 is 0 Å². The predicted molar refractivity (Wildman–Crippen MR) is 94.3 cm³/mol. The molecule has 0 saturated heterocycles. The average Bonchev–Trinajstić information content (AvgIpc) is 2.51. The van der Waals surface area contributed by atoms with E-state index in [4.69, 9.17) is 4.74 Å². The number of rotatable bonds is 6. The van der Waals surface area contributed by atoms with Crippen LogP contribution in [-0.4, -0.2) is 19.2 Å². The van der Waals surface area contributed by atoms with Gasteiger partial charge < -0.3 is 15.4 Å². The Bertz CT molecular complexity index is 631. The third kappa shape index (κ3) is 5.66. The van der Waals surface area contributed by atoms with Crippen LogP contribution in [0.25, 0.3) is 0 Å². The van der Waals surface area contributed by atoms with Crippen molar-refractivity contribution < 1.29 is 9.53 Å². The molecule has 2 N–H and O–H groups in total. The van der Waals surface area contributed by atoms with Gasteiger partial charge in [-0.1, -0.05) is 25.1 Å². The Labute approximate surface area is 137 Å². The number of carbonyl (C=O) groups is 1. The number of amides is 2. The van der Waals surface area contributed by atoms with Gasteiger partial charge in [0.15, 0.2) is 0 Å². The summed E-state index contributed by atoms with van der Waals surface area (Å²) in [6, 6.07) is 13.7. The highest BCUT2D eigenvalue weighted by Gasteiger charge is 2.02. The molecule has 0 heterocycles. The number of aryl methyl sites for hydroxylation is 3. The van der Waals surface area contributed by atoms with Gasteiger partial charge in [-0.25, -0.2) is 4.79 Å². The highest BCUT2D eigenvalue weighted by molar-refractivity contribution is 5.89. The van der Waals surface area contributed by atoms with E-state index in [9.17, 15) is 4.79 Å². The second-order valence-corrected chi connectivity index (χ2v) is 5.60. The zero-order chi connectivity index (χ0) is 16.7. The molecule has 2 aromatic rings. The lowest BCUT2D eigenvalue weighted by atomic mass is 10.1. The van der Waals surface area contributed by atoms with Gasteiger partial charge in [-0.2, -0.15) is 0 Å². The van der Waals surface area contributed by atoms with E-state index in [-0.39, 0.29) is 6.03 Å². The summed E-state index contributed by atoms with van der Waals surface area (Å²) in [6.45, 7) is 7.06. The van der Waals surface area contributed by atoms with Crippen molar-refractivity contribution in [3.8, 4) is 5.75 Å². The molecule has 0 aliphatic rings. The normalized spacial score (nSPS) is 10.2. The number of ether oxygens (including phenoxy) is 1. The Morgan fingerprint density at radius 2 is 1.70 bits per heavy atom. The second kappa shape index (κ2) is 8.22. The first-order valence-electron chi connectivity index (χ1n) is 7.91. The third-order valence-electron chi connectivity index (χ3n) is 3.47. The van der Waals surface area contributed by atoms with Crippen molar-refractivity contribution in [3.05, 3.63) is 59.2 Å². The van der Waals surface area contributed by atoms with Crippen LogP contribution in [0, 0.1) is 13.8 Å². The highest BCUT2D eigenvalue weighted by atomic mass is 16.5. The standard InChI is InChI=1S/C19H24N2O2/c1-4-16-5-7-17(8-6-16)21-19(22)20-9-10-23-18-12-14(2)11-15(3)13-18/h5-8,11-13H,4,9-10H2,1-3H3,(H2,20,21,22). The highest BCUT2D eigenvalue weighted by Crippen LogP contribution is 2.15. The van der Waals surface area contributed by atoms with E-state index in [1.807, 2.05) is 50.2 Å². The summed E-state index contributed by atoms with van der Waals surface area (Å²) in [5.41, 5.74) is 4.37. The lowest BCUT2D eigenvalue weighted by Gasteiger charge is -2.10. The topological polar surface area (TPSA) is 50.4 Å². The SMILES string of the molecule is CCc1ccc(NC(=O)NCCOc2cc(C)cc(C)c2)cc1. The molecule has 2 aromatic carbocycles. The second-order valence-electron chi connectivity index (χ2n) is 5.60. The maximum absolute atomic E-state index is 11.8. The van der Waals surface area contributed by atoms with Crippen molar-refractivity contribution in [1.29, 1.82) is 0 Å². The summed E-state index contributed by atoms with van der Waals surface area (Å²) in [4.78, 5) is 11.8. The summed E-state index contributed by atoms with van der Waals surface area (Å²) in [5, 5.41) is 5.59. The molecule has 0 spiro atoms. The number of urea groups is 1. The molecule has 0 saturated carbocycles. The molecule has 0 fully saturated rings. The number of hydrogen-bond acceptors (Lipinski definition) is 2. The molecule has 0 radical (unpaired) electrons. The molecule has 4 heteroatoms. The van der Waals surface area contributed by atoms with Gasteiger partial charge in [-0.05, 0) is 61.2 Å². The van der Waals surface area contributed by atoms with E-state index in [2.05, 4.69) is 23.6 Å². The van der Waals surface area contributed by atoms with Crippen LogP contribution in [0.1, 0.15) is 23.6 Å². The molecule has 2 rings (SSSR count). The Morgan fingerprint density at radius 1 is 1.04 bits per heavy atom. The molecule has 0 aliphatic heterocycles. The fraction of sp³-hybridized carbons (Fsp3) is 0.316. The van der Waals surface area contributed by atoms with Crippen LogP contribution in [0.15, 0.2) is 42.5 Å². The van der Waals surface area contributed by atoms with Crippen LogP contribution in [0.2, 0.25) is 0 Å². The van der Waals surface area contributed by atoms with Gasteiger partial charge in [0.1, 0.15) is 12.4 Å². The summed E-state index contributed by atoms with van der Waals surface area (Å²) < 4.78 is 5.66. The summed E-state index contributed by atoms with van der Waals surface area (Å²) in [7, 11) is 0. The number of carbonyl (C=O) groups excluding carboxylic acids is 1. The Balaban J connectivity index is 1.71. The fourth-order valence-corrected chi connectivity index (χ4v) is 2.35. The zero-order valence-electron chi connectivity index (χ0n) is 14.0. The minimum Gasteiger partial charge on any atom is -0.492 e. The molecule has 23 heavy (non-hydrogen) atoms. The maximum Gasteiger partial charge on any atom is 0.319 e. The molecule has 0 atom stereocenters. The number of benzene rings is 2. The lowest BCUT2D eigenvalue weighted by Crippen LogP contribution is -2.32. The van der Waals surface area contributed by atoms with E-state index in [0.29, 0.717) is 13.2 Å². The first-order chi connectivity index (χ1) is 11.1. The van der Waals surface area contributed by atoms with Crippen molar-refractivity contribution in [2.24, 2.45) is 0 Å². The zero-order valence-corrected chi connectivity index (χ0v) is 14.0. The molecule has 122 valence electrons. The van der Waals surface area contributed by atoms with Crippen LogP contribution in [0.4, 0.5) is 10.5 Å². The van der Waals surface area contributed by atoms with E-state index in [1.54, 1.807) is 0 Å². The van der Waals surface area contributed by atoms with Gasteiger partial charge in [0.05, 0.1) is 6.54 Å². The van der Waals surface area contributed by atoms with E-state index >= 15 is 0 Å². The number of hydrogen-bond donors (Lipinski definition) is 2. The average molecular weight is 312 g/mol. The molecule has 2 amide bonds. The molecule has 0 aliphatic carbocycles. The van der Waals surface area contributed by atoms with Crippen molar-refractivity contribution in [3.63, 3.8) is 0 Å². The van der Waals surface area contributed by atoms with Crippen molar-refractivity contribution in [2.45, 2.75) is 27.2 Å². The molecule has 4 nitrogen and oxygen atoms in total. The van der Waals surface area contributed by atoms with Crippen LogP contribution < -0.4 is 15.4 Å². The van der Waals surface area contributed by atoms with Gasteiger partial charge in [-0.3, -0.25) is 0 Å². The molecular formula is C19H24N2O2. The number of nitrogens with one attached hydrogen (secondary N) is 2. The lowest BCUT2D eigenvalue weighted by molar-refractivity contribution is 0.247. The van der Waals surface area contributed by atoms with Crippen molar-refractivity contribution >= 4 is 11.7 Å². The Morgan fingerprint density at radius 3 is 2.30 bits per heavy atom. The summed E-state index contributed by atoms with van der Waals surface area (Å²) in [5.74, 6) is 0.833. The van der Waals surface area contributed by atoms with Crippen LogP contribution in [-0.2, 0) is 6.42 Å². The van der Waals surface area contributed by atoms with Gasteiger partial charge in [0, 0.05) is 5.69 Å². The number of anilines is 1. The first-order valence-corrected chi connectivity index (χ1v) is 7.91. The fourth-order valence-electron chi connectivity index (χ4n) is 2.35. The van der Waals surface area contributed by atoms with Crippen molar-refractivity contribution in [2.75, 3.05) is 18.5 Å². The quantitative estimate of drug-likeness (QED) is 0.790. The van der Waals surface area contributed by atoms with Crippen LogP contribution in [0.3, 0.4) is 0 Å². The largest absolute Gasteiger partial charge is 0.492 e. The molecule has 0 aromatic heterocycles. The predicted octanol–water partition coefficient (Wildman–Crippen LogP) is 4.07. The van der Waals surface area contributed by atoms with Crippen LogP contribution >= 0.6 is 0 Å². The Kier molecular flexibility index (Phi) is 6.03. The van der Waals surface area contributed by atoms with E-state index in [0.717, 1.165) is 17.9 Å². The Hall–Kier alpha value is -2.49. The van der Waals surface area contributed by atoms with Gasteiger partial charge in [0.2, 0.25) is 0 Å². The van der Waals surface area contributed by atoms with Gasteiger partial charge >= 0.3 is 6.03 Å². The minimum absolute atomic E-state index is 0.224. The molecule has 0 bridgehead atoms. The van der Waals surface area contributed by atoms with Gasteiger partial charge in [-0.15, -0.1) is 0 Å². The van der Waals surface area contributed by atoms with Gasteiger partial charge in [0.25, 0.3) is 0 Å². The summed E-state index contributed by atoms with van der Waals surface area (Å²) in [6.07, 6.45) is 0.988. The van der Waals surface area contributed by atoms with E-state index in [1.165, 1.54) is 16.7 Å². The first kappa shape index (κ1) is 16.9. The van der Waals surface area contributed by atoms with Crippen LogP contribution in [0.5, 0.6) is 5.75 Å². The smallest absolute Gasteiger partial charge is 0.319 e. The summed E-state index contributed by atoms with van der Waals surface area (Å²) >= 11 is 0.